The normalized spacial score (nSPS) is 14.6. The fourth-order valence-electron chi connectivity index (χ4n) is 5.55. The maximum Gasteiger partial charge on any atom is 0.491 e. The molecule has 5 aromatic rings. The number of hydrogen-bond acceptors (Lipinski definition) is 6. The Balaban J connectivity index is 1.11. The van der Waals surface area contributed by atoms with Crippen molar-refractivity contribution in [3.8, 4) is 22.3 Å². The van der Waals surface area contributed by atoms with Gasteiger partial charge in [-0.3, -0.25) is 14.6 Å². The molecule has 10 heteroatoms. The van der Waals surface area contributed by atoms with Gasteiger partial charge < -0.3 is 24.9 Å². The van der Waals surface area contributed by atoms with Gasteiger partial charge in [-0.05, 0) is 64.5 Å². The summed E-state index contributed by atoms with van der Waals surface area (Å²) in [6, 6.07) is 19.5. The first-order valence-corrected chi connectivity index (χ1v) is 13.6. The molecular weight excluding hydrogens is 517 g/mol. The van der Waals surface area contributed by atoms with Gasteiger partial charge in [0.25, 0.3) is 5.91 Å². The van der Waals surface area contributed by atoms with E-state index in [1.807, 2.05) is 65.7 Å². The summed E-state index contributed by atoms with van der Waals surface area (Å²) in [4.78, 5) is 39.0. The van der Waals surface area contributed by atoms with Gasteiger partial charge in [0.15, 0.2) is 0 Å². The predicted octanol–water partition coefficient (Wildman–Crippen LogP) is 3.57. The Morgan fingerprint density at radius 2 is 1.90 bits per heavy atom. The number of rotatable bonds is 6. The third-order valence-corrected chi connectivity index (χ3v) is 7.74. The number of amides is 2. The summed E-state index contributed by atoms with van der Waals surface area (Å²) < 4.78 is 5.25. The molecule has 41 heavy (non-hydrogen) atoms. The van der Waals surface area contributed by atoms with E-state index in [1.165, 1.54) is 0 Å². The minimum Gasteiger partial charge on any atom is -0.423 e. The molecule has 0 spiro atoms. The Kier molecular flexibility index (Phi) is 6.33. The van der Waals surface area contributed by atoms with Crippen molar-refractivity contribution in [2.24, 2.45) is 0 Å². The molecule has 1 saturated heterocycles. The van der Waals surface area contributed by atoms with Crippen molar-refractivity contribution in [1.82, 2.24) is 20.3 Å². The average molecular weight is 543 g/mol. The lowest BCUT2D eigenvalue weighted by Gasteiger charge is -2.16. The summed E-state index contributed by atoms with van der Waals surface area (Å²) in [5.41, 5.74) is 8.25. The summed E-state index contributed by atoms with van der Waals surface area (Å²) in [6.45, 7) is 1.46. The standard InChI is InChI=1S/C31H26BN5O4/c38-29-2-1-11-37(29)24-7-5-20(6-8-24)22-13-23(17-33-16-22)25-9-10-34-30-26(25)14-28(36-30)31(39)35-15-19-3-4-21-18-41-32(40)27(21)12-19/h3-10,12-14,16-17,40H,1-2,11,15,18H2,(H,34,36)(H,35,39). The van der Waals surface area contributed by atoms with E-state index in [2.05, 4.69) is 26.3 Å². The van der Waals surface area contributed by atoms with Crippen LogP contribution in [0.15, 0.2) is 79.3 Å². The number of carbonyl (C=O) groups is 2. The number of H-pyrrole nitrogens is 1. The van der Waals surface area contributed by atoms with Crippen molar-refractivity contribution in [3.63, 3.8) is 0 Å². The molecule has 7 rings (SSSR count). The molecule has 0 radical (unpaired) electrons. The minimum absolute atomic E-state index is 0.167. The number of pyridine rings is 2. The zero-order valence-corrected chi connectivity index (χ0v) is 22.1. The maximum atomic E-state index is 13.0. The van der Waals surface area contributed by atoms with E-state index in [9.17, 15) is 14.6 Å². The van der Waals surface area contributed by atoms with Crippen molar-refractivity contribution in [2.75, 3.05) is 11.4 Å². The lowest BCUT2D eigenvalue weighted by molar-refractivity contribution is -0.117. The Morgan fingerprint density at radius 1 is 1.05 bits per heavy atom. The molecule has 202 valence electrons. The van der Waals surface area contributed by atoms with Crippen molar-refractivity contribution >= 4 is 41.1 Å². The topological polar surface area (TPSA) is 120 Å². The molecule has 0 bridgehead atoms. The van der Waals surface area contributed by atoms with Crippen LogP contribution < -0.4 is 15.7 Å². The van der Waals surface area contributed by atoms with Crippen molar-refractivity contribution < 1.29 is 19.3 Å². The number of aromatic amines is 1. The molecule has 0 atom stereocenters. The third-order valence-electron chi connectivity index (χ3n) is 7.74. The summed E-state index contributed by atoms with van der Waals surface area (Å²) in [5, 5.41) is 13.7. The molecule has 1 fully saturated rings. The highest BCUT2D eigenvalue weighted by molar-refractivity contribution is 6.61. The summed E-state index contributed by atoms with van der Waals surface area (Å²) in [5.74, 6) is -0.0875. The van der Waals surface area contributed by atoms with Gasteiger partial charge >= 0.3 is 7.12 Å². The number of aromatic nitrogens is 3. The van der Waals surface area contributed by atoms with E-state index in [0.717, 1.165) is 62.9 Å². The number of nitrogens with one attached hydrogen (secondary N) is 2. The SMILES string of the molecule is O=C(NCc1ccc2c(c1)B(O)OC2)c1cc2c(-c3cncc(-c4ccc(N5CCCC5=O)cc4)c3)ccnc2[nH]1. The molecule has 2 amide bonds. The van der Waals surface area contributed by atoms with Gasteiger partial charge in [-0.1, -0.05) is 30.3 Å². The highest BCUT2D eigenvalue weighted by Crippen LogP contribution is 2.32. The van der Waals surface area contributed by atoms with E-state index < -0.39 is 7.12 Å². The first-order chi connectivity index (χ1) is 20.0. The first kappa shape index (κ1) is 25.2. The smallest absolute Gasteiger partial charge is 0.423 e. The largest absolute Gasteiger partial charge is 0.491 e. The van der Waals surface area contributed by atoms with Crippen LogP contribution in [0.4, 0.5) is 5.69 Å². The van der Waals surface area contributed by atoms with Crippen LogP contribution in [-0.2, 0) is 22.6 Å². The van der Waals surface area contributed by atoms with Gasteiger partial charge in [0.05, 0.1) is 6.61 Å². The first-order valence-electron chi connectivity index (χ1n) is 13.6. The zero-order chi connectivity index (χ0) is 27.9. The van der Waals surface area contributed by atoms with Crippen LogP contribution in [0.2, 0.25) is 0 Å². The van der Waals surface area contributed by atoms with E-state index in [4.69, 9.17) is 4.65 Å². The third kappa shape index (κ3) is 4.77. The van der Waals surface area contributed by atoms with Crippen molar-refractivity contribution in [2.45, 2.75) is 26.0 Å². The minimum atomic E-state index is -0.924. The average Bonchev–Trinajstić information content (AvgIpc) is 3.74. The molecule has 2 aliphatic rings. The lowest BCUT2D eigenvalue weighted by Crippen LogP contribution is -2.29. The maximum absolute atomic E-state index is 13.0. The van der Waals surface area contributed by atoms with Gasteiger partial charge in [-0.2, -0.15) is 0 Å². The van der Waals surface area contributed by atoms with E-state index in [1.54, 1.807) is 12.4 Å². The van der Waals surface area contributed by atoms with Crippen LogP contribution in [0, 0.1) is 0 Å². The summed E-state index contributed by atoms with van der Waals surface area (Å²) >= 11 is 0. The Bertz CT molecular complexity index is 1800. The zero-order valence-electron chi connectivity index (χ0n) is 22.1. The number of nitrogens with zero attached hydrogens (tertiary/aromatic N) is 3. The molecule has 0 saturated carbocycles. The fraction of sp³-hybridized carbons (Fsp3) is 0.161. The van der Waals surface area contributed by atoms with E-state index in [0.29, 0.717) is 30.9 Å². The highest BCUT2D eigenvalue weighted by atomic mass is 16.5. The van der Waals surface area contributed by atoms with Crippen LogP contribution in [0.25, 0.3) is 33.3 Å². The number of fused-ring (bicyclic) bond motifs is 2. The monoisotopic (exact) mass is 543 g/mol. The van der Waals surface area contributed by atoms with Gasteiger partial charge in [0.1, 0.15) is 11.3 Å². The molecule has 2 aliphatic heterocycles. The Hall–Kier alpha value is -4.80. The molecule has 2 aromatic carbocycles. The number of carbonyl (C=O) groups excluding carboxylic acids is 2. The van der Waals surface area contributed by atoms with Crippen molar-refractivity contribution in [3.05, 3.63) is 96.1 Å². The van der Waals surface area contributed by atoms with Gasteiger partial charge in [0, 0.05) is 60.3 Å². The van der Waals surface area contributed by atoms with Crippen LogP contribution in [0.3, 0.4) is 0 Å². The summed E-state index contributed by atoms with van der Waals surface area (Å²) in [6.07, 6.45) is 6.83. The van der Waals surface area contributed by atoms with Gasteiger partial charge in [-0.15, -0.1) is 0 Å². The van der Waals surface area contributed by atoms with Crippen molar-refractivity contribution in [1.29, 1.82) is 0 Å². The molecule has 5 heterocycles. The number of benzene rings is 2. The molecule has 9 nitrogen and oxygen atoms in total. The second-order valence-electron chi connectivity index (χ2n) is 10.3. The molecule has 3 N–H and O–H groups in total. The molecule has 3 aromatic heterocycles. The van der Waals surface area contributed by atoms with Crippen LogP contribution >= 0.6 is 0 Å². The number of hydrogen-bond donors (Lipinski definition) is 3. The highest BCUT2D eigenvalue weighted by Gasteiger charge is 2.27. The molecule has 0 unspecified atom stereocenters. The van der Waals surface area contributed by atoms with E-state index in [-0.39, 0.29) is 11.8 Å². The predicted molar refractivity (Wildman–Crippen MR) is 156 cm³/mol. The number of anilines is 1. The van der Waals surface area contributed by atoms with E-state index >= 15 is 0 Å². The van der Waals surface area contributed by atoms with Crippen LogP contribution in [0.5, 0.6) is 0 Å². The second kappa shape index (κ2) is 10.3. The molecular formula is C31H26BN5O4. The van der Waals surface area contributed by atoms with Crippen LogP contribution in [-0.4, -0.2) is 45.5 Å². The van der Waals surface area contributed by atoms with Crippen LogP contribution in [0.1, 0.15) is 34.5 Å². The van der Waals surface area contributed by atoms with Gasteiger partial charge in [-0.25, -0.2) is 4.98 Å². The summed E-state index contributed by atoms with van der Waals surface area (Å²) in [7, 11) is -0.924. The van der Waals surface area contributed by atoms with Gasteiger partial charge in [0.2, 0.25) is 5.91 Å². The lowest BCUT2D eigenvalue weighted by atomic mass is 9.79. The Morgan fingerprint density at radius 3 is 2.73 bits per heavy atom. The Labute approximate surface area is 236 Å². The quantitative estimate of drug-likeness (QED) is 0.282. The molecule has 0 aliphatic carbocycles. The fourth-order valence-corrected chi connectivity index (χ4v) is 5.55. The second-order valence-corrected chi connectivity index (χ2v) is 10.3.